The minimum Gasteiger partial charge on any atom is -0.352 e. The van der Waals surface area contributed by atoms with E-state index in [1.807, 2.05) is 78.2 Å². The summed E-state index contributed by atoms with van der Waals surface area (Å²) in [5.74, 6) is 0.833. The van der Waals surface area contributed by atoms with E-state index in [4.69, 9.17) is 4.98 Å². The molecule has 1 N–H and O–H groups in total. The Balaban J connectivity index is 1.34. The van der Waals surface area contributed by atoms with Gasteiger partial charge in [0.1, 0.15) is 12.4 Å². The number of carbonyl (C=O) groups is 2. The molecule has 2 amide bonds. The lowest BCUT2D eigenvalue weighted by molar-refractivity contribution is -0.135. The van der Waals surface area contributed by atoms with Gasteiger partial charge in [0.05, 0.1) is 11.0 Å². The van der Waals surface area contributed by atoms with Crippen molar-refractivity contribution < 1.29 is 9.59 Å². The van der Waals surface area contributed by atoms with Crippen LogP contribution in [0.4, 0.5) is 0 Å². The fraction of sp³-hybridized carbons (Fsp3) is 0.344. The van der Waals surface area contributed by atoms with Crippen LogP contribution in [0.1, 0.15) is 59.4 Å². The number of amides is 2. The average molecular weight is 509 g/mol. The minimum absolute atomic E-state index is 0.0984. The molecule has 0 aliphatic heterocycles. The van der Waals surface area contributed by atoms with Crippen LogP contribution >= 0.6 is 0 Å². The predicted octanol–water partition coefficient (Wildman–Crippen LogP) is 5.68. The van der Waals surface area contributed by atoms with Gasteiger partial charge in [-0.2, -0.15) is 0 Å². The summed E-state index contributed by atoms with van der Waals surface area (Å²) >= 11 is 0. The number of carbonyl (C=O) groups excluding carboxylic acids is 2. The van der Waals surface area contributed by atoms with E-state index < -0.39 is 0 Å². The Labute approximate surface area is 224 Å². The minimum atomic E-state index is -0.0984. The molecule has 6 heteroatoms. The molecule has 3 aromatic carbocycles. The number of benzene rings is 3. The molecule has 1 aliphatic rings. The third-order valence-electron chi connectivity index (χ3n) is 7.47. The molecule has 1 saturated carbocycles. The van der Waals surface area contributed by atoms with E-state index in [1.54, 1.807) is 0 Å². The number of imidazole rings is 1. The molecular formula is C32H36N4O2. The number of para-hydroxylation sites is 2. The molecule has 0 bridgehead atoms. The molecule has 0 spiro atoms. The summed E-state index contributed by atoms with van der Waals surface area (Å²) in [6.07, 6.45) is 6.24. The maximum absolute atomic E-state index is 13.9. The number of hydrogen-bond acceptors (Lipinski definition) is 3. The summed E-state index contributed by atoms with van der Waals surface area (Å²) in [4.78, 5) is 33.5. The van der Waals surface area contributed by atoms with Crippen LogP contribution in [-0.4, -0.2) is 38.9 Å². The molecule has 196 valence electrons. The van der Waals surface area contributed by atoms with Gasteiger partial charge in [-0.15, -0.1) is 0 Å². The Morgan fingerprint density at radius 1 is 0.947 bits per heavy atom. The van der Waals surface area contributed by atoms with E-state index in [-0.39, 0.29) is 24.4 Å². The van der Waals surface area contributed by atoms with Gasteiger partial charge in [0.2, 0.25) is 5.91 Å². The highest BCUT2D eigenvalue weighted by molar-refractivity contribution is 5.94. The van der Waals surface area contributed by atoms with E-state index >= 15 is 0 Å². The van der Waals surface area contributed by atoms with E-state index in [1.165, 1.54) is 19.3 Å². The first-order valence-corrected chi connectivity index (χ1v) is 13.7. The molecule has 5 rings (SSSR count). The SMILES string of the molecule is Cc1cccc(C(=O)NCCc2nc3ccccc3n2CC(=O)N(Cc2ccccc2)C2CCCCC2)c1. The molecule has 38 heavy (non-hydrogen) atoms. The van der Waals surface area contributed by atoms with Crippen molar-refractivity contribution in [3.05, 3.63) is 101 Å². The maximum atomic E-state index is 13.9. The highest BCUT2D eigenvalue weighted by Gasteiger charge is 2.27. The smallest absolute Gasteiger partial charge is 0.251 e. The summed E-state index contributed by atoms with van der Waals surface area (Å²) in [7, 11) is 0. The normalized spacial score (nSPS) is 13.9. The second kappa shape index (κ2) is 12.1. The van der Waals surface area contributed by atoms with Gasteiger partial charge in [-0.05, 0) is 49.6 Å². The predicted molar refractivity (Wildman–Crippen MR) is 151 cm³/mol. The van der Waals surface area contributed by atoms with Crippen molar-refractivity contribution in [3.63, 3.8) is 0 Å². The van der Waals surface area contributed by atoms with Crippen LogP contribution in [0, 0.1) is 6.92 Å². The molecule has 1 aromatic heterocycles. The zero-order valence-corrected chi connectivity index (χ0v) is 22.1. The largest absolute Gasteiger partial charge is 0.352 e. The van der Waals surface area contributed by atoms with Crippen molar-refractivity contribution in [1.82, 2.24) is 19.8 Å². The van der Waals surface area contributed by atoms with Crippen LogP contribution < -0.4 is 5.32 Å². The number of hydrogen-bond donors (Lipinski definition) is 1. The number of aryl methyl sites for hydroxylation is 1. The zero-order chi connectivity index (χ0) is 26.3. The third kappa shape index (κ3) is 6.13. The van der Waals surface area contributed by atoms with Crippen molar-refractivity contribution >= 4 is 22.8 Å². The molecule has 1 fully saturated rings. The monoisotopic (exact) mass is 508 g/mol. The van der Waals surface area contributed by atoms with Crippen LogP contribution in [0.5, 0.6) is 0 Å². The summed E-state index contributed by atoms with van der Waals surface area (Å²) in [6, 6.07) is 26.1. The van der Waals surface area contributed by atoms with Crippen LogP contribution in [0.15, 0.2) is 78.9 Å². The lowest BCUT2D eigenvalue weighted by atomic mass is 9.93. The van der Waals surface area contributed by atoms with Crippen LogP contribution in [0.2, 0.25) is 0 Å². The molecule has 1 heterocycles. The Kier molecular flexibility index (Phi) is 8.17. The Bertz CT molecular complexity index is 1390. The molecule has 6 nitrogen and oxygen atoms in total. The van der Waals surface area contributed by atoms with E-state index in [2.05, 4.69) is 22.3 Å². The van der Waals surface area contributed by atoms with Crippen molar-refractivity contribution in [2.45, 2.75) is 64.6 Å². The van der Waals surface area contributed by atoms with Gasteiger partial charge in [-0.1, -0.05) is 79.4 Å². The second-order valence-corrected chi connectivity index (χ2v) is 10.3. The van der Waals surface area contributed by atoms with E-state index in [0.29, 0.717) is 25.1 Å². The van der Waals surface area contributed by atoms with Crippen molar-refractivity contribution in [2.75, 3.05) is 6.54 Å². The highest BCUT2D eigenvalue weighted by Crippen LogP contribution is 2.25. The standard InChI is InChI=1S/C32H36N4O2/c1-24-11-10-14-26(21-24)32(38)33-20-19-30-34-28-17-8-9-18-29(28)36(30)23-31(37)35(27-15-6-3-7-16-27)22-25-12-4-2-5-13-25/h2,4-5,8-14,17-18,21,27H,3,6-7,15-16,19-20,22-23H2,1H3,(H,33,38). The first-order valence-electron chi connectivity index (χ1n) is 13.7. The van der Waals surface area contributed by atoms with Crippen molar-refractivity contribution in [2.24, 2.45) is 0 Å². The molecule has 1 aliphatic carbocycles. The highest BCUT2D eigenvalue weighted by atomic mass is 16.2. The van der Waals surface area contributed by atoms with Crippen molar-refractivity contribution in [3.8, 4) is 0 Å². The summed E-state index contributed by atoms with van der Waals surface area (Å²) in [5.41, 5.74) is 4.67. The first-order chi connectivity index (χ1) is 18.6. The molecular weight excluding hydrogens is 472 g/mol. The zero-order valence-electron chi connectivity index (χ0n) is 22.1. The second-order valence-electron chi connectivity index (χ2n) is 10.3. The molecule has 0 unspecified atom stereocenters. The maximum Gasteiger partial charge on any atom is 0.251 e. The summed E-state index contributed by atoms with van der Waals surface area (Å²) < 4.78 is 2.04. The van der Waals surface area contributed by atoms with Gasteiger partial charge in [0, 0.05) is 31.1 Å². The molecule has 0 saturated heterocycles. The van der Waals surface area contributed by atoms with Gasteiger partial charge in [-0.25, -0.2) is 4.98 Å². The molecule has 4 aromatic rings. The molecule has 0 atom stereocenters. The summed E-state index contributed by atoms with van der Waals surface area (Å²) in [5, 5.41) is 3.02. The van der Waals surface area contributed by atoms with Gasteiger partial charge < -0.3 is 14.8 Å². The van der Waals surface area contributed by atoms with Gasteiger partial charge >= 0.3 is 0 Å². The number of nitrogens with one attached hydrogen (secondary N) is 1. The fourth-order valence-corrected chi connectivity index (χ4v) is 5.49. The third-order valence-corrected chi connectivity index (χ3v) is 7.47. The Morgan fingerprint density at radius 2 is 1.71 bits per heavy atom. The lowest BCUT2D eigenvalue weighted by Crippen LogP contribution is -2.42. The average Bonchev–Trinajstić information content (AvgIpc) is 3.29. The van der Waals surface area contributed by atoms with Crippen LogP contribution in [0.25, 0.3) is 11.0 Å². The van der Waals surface area contributed by atoms with Crippen LogP contribution in [-0.2, 0) is 24.3 Å². The van der Waals surface area contributed by atoms with E-state index in [9.17, 15) is 9.59 Å². The number of fused-ring (bicyclic) bond motifs is 1. The fourth-order valence-electron chi connectivity index (χ4n) is 5.49. The van der Waals surface area contributed by atoms with Gasteiger partial charge in [-0.3, -0.25) is 9.59 Å². The van der Waals surface area contributed by atoms with Gasteiger partial charge in [0.15, 0.2) is 0 Å². The van der Waals surface area contributed by atoms with Crippen LogP contribution in [0.3, 0.4) is 0 Å². The van der Waals surface area contributed by atoms with Crippen molar-refractivity contribution in [1.29, 1.82) is 0 Å². The molecule has 0 radical (unpaired) electrons. The quantitative estimate of drug-likeness (QED) is 0.316. The number of rotatable bonds is 9. The van der Waals surface area contributed by atoms with Gasteiger partial charge in [0.25, 0.3) is 5.91 Å². The summed E-state index contributed by atoms with van der Waals surface area (Å²) in [6.45, 7) is 3.29. The van der Waals surface area contributed by atoms with E-state index in [0.717, 1.165) is 40.8 Å². The first kappa shape index (κ1) is 25.7. The lowest BCUT2D eigenvalue weighted by Gasteiger charge is -2.35. The Morgan fingerprint density at radius 3 is 2.50 bits per heavy atom. The number of aromatic nitrogens is 2. The topological polar surface area (TPSA) is 67.2 Å². The number of nitrogens with zero attached hydrogens (tertiary/aromatic N) is 3. The Hall–Kier alpha value is -3.93.